The maximum absolute atomic E-state index is 10.5. The van der Waals surface area contributed by atoms with Crippen molar-refractivity contribution in [3.63, 3.8) is 0 Å². The van der Waals surface area contributed by atoms with E-state index in [4.69, 9.17) is 34.4 Å². The lowest BCUT2D eigenvalue weighted by molar-refractivity contribution is -0.570. The summed E-state index contributed by atoms with van der Waals surface area (Å²) in [5, 5.41) is 5.79. The van der Waals surface area contributed by atoms with Crippen LogP contribution in [-0.4, -0.2) is 22.2 Å². The topological polar surface area (TPSA) is 35.9 Å². The molecule has 0 N–H and O–H groups in total. The number of ether oxygens (including phenoxy) is 1. The molecule has 12 aromatic carbocycles. The van der Waals surface area contributed by atoms with Crippen LogP contribution in [0.15, 0.2) is 297 Å². The molecule has 1 aliphatic heterocycles. The van der Waals surface area contributed by atoms with E-state index in [0.717, 1.165) is 37.3 Å². The number of pyridine rings is 1. The van der Waals surface area contributed by atoms with Crippen LogP contribution < -0.4 is 30.1 Å². The van der Waals surface area contributed by atoms with Gasteiger partial charge in [0.2, 0.25) is 0 Å². The molecule has 0 spiro atoms. The molecule has 2 aliphatic rings. The quantitative estimate of drug-likeness (QED) is 0.0592. The maximum Gasteiger partial charge on any atom is 0.269 e. The van der Waals surface area contributed by atoms with Gasteiger partial charge >= 0.3 is 0 Å². The molecule has 0 saturated heterocycles. The summed E-state index contributed by atoms with van der Waals surface area (Å²) in [4.78, 5) is 4.93. The third-order valence-electron chi connectivity index (χ3n) is 18.0. The van der Waals surface area contributed by atoms with Gasteiger partial charge in [0.05, 0.1) is 44.4 Å². The highest BCUT2D eigenvalue weighted by molar-refractivity contribution is 7.20. The first kappa shape index (κ1) is 35.6. The third kappa shape index (κ3) is 9.10. The third-order valence-corrected chi connectivity index (χ3v) is 22.8. The summed E-state index contributed by atoms with van der Waals surface area (Å²) in [6, 6.07) is 70.1. The fourth-order valence-electron chi connectivity index (χ4n) is 13.9. The molecular formula is C87H68N4OSi. The average Bonchev–Trinajstić information content (AvgIpc) is 0.755. The van der Waals surface area contributed by atoms with Gasteiger partial charge in [-0.15, -0.1) is 0 Å². The second kappa shape index (κ2) is 21.9. The second-order valence-corrected chi connectivity index (χ2v) is 27.2. The van der Waals surface area contributed by atoms with Gasteiger partial charge in [-0.3, -0.25) is 13.7 Å². The van der Waals surface area contributed by atoms with Crippen LogP contribution in [0.4, 0.5) is 0 Å². The van der Waals surface area contributed by atoms with E-state index in [1.807, 2.05) is 132 Å². The predicted octanol–water partition coefficient (Wildman–Crippen LogP) is 18.7. The summed E-state index contributed by atoms with van der Waals surface area (Å²) in [6.07, 6.45) is -3.58. The van der Waals surface area contributed by atoms with E-state index >= 15 is 0 Å². The Labute approximate surface area is 579 Å². The molecule has 3 aromatic heterocycles. The van der Waals surface area contributed by atoms with E-state index in [-0.39, 0.29) is 45.3 Å². The molecule has 0 bridgehead atoms. The van der Waals surface area contributed by atoms with Crippen molar-refractivity contribution in [2.24, 2.45) is 0 Å². The SMILES string of the molecule is [2H]CC1(C([2H])([2H])[2H])c2c([2H])c([2H])c(-c3cccc4c3-[n+]3[c-]n(-c5cccc(Oc6ccc7c8cc([Si](c9ccccc9)(c9ccccc9)c9ccccc9)ccc8n(-c8cc(C([2H])([2H])[2H])c(-c9c([2H])c([2H])c([2H])c([2H])c9[2H])cn8)c7c6)c5)c5cccc(c53)-c3ccccc3-c3ccccc3-4)c([2H])c2C(C([2H])([2H])[2H])(C([2H])([2H])[2H])C([2H])([2H])C1([2H])[2H]. The highest BCUT2D eigenvalue weighted by Gasteiger charge is 2.42. The van der Waals surface area contributed by atoms with E-state index in [1.165, 1.54) is 18.3 Å². The van der Waals surface area contributed by atoms with Crippen LogP contribution in [0.3, 0.4) is 0 Å². The predicted molar refractivity (Wildman–Crippen MR) is 387 cm³/mol. The standard InChI is InChI=1S/C87H68N4OSi/c1-58-51-83(88-56-77(58)59-25-10-6-11-26-59)91-80-48-45-67(93(64-29-12-7-13-30-64,65-31-14-8-15-32-65)66-33-16-9-17-34-66)55-76(80)73-46-44-63(54-82(73)91)92-62-28-22-27-61(53-62)89-57-90-84-68(60-43-47-78-79(52-60)87(4,5)50-49-86(78,2)3)39-23-40-74(84)71-37-20-18-35-69(71)70-36-19-21-38-72(70)75-41-24-42-81(89)85(75)90/h6-48,51-56H,49-50H2,1-5H3/i1D3,2D,3D3,4D3,5D3,6D,10D,11D,25D,26D,43D,47D,49D2,50D2,52D. The van der Waals surface area contributed by atoms with Crippen molar-refractivity contribution in [1.82, 2.24) is 14.1 Å². The minimum absolute atomic E-state index is 0.112. The molecule has 1 unspecified atom stereocenters. The molecule has 0 saturated carbocycles. The molecule has 4 heterocycles. The minimum Gasteiger partial charge on any atom is -0.458 e. The molecule has 93 heavy (non-hydrogen) atoms. The molecule has 0 fully saturated rings. The molecule has 1 atom stereocenters. The van der Waals surface area contributed by atoms with Crippen molar-refractivity contribution in [1.29, 1.82) is 0 Å². The van der Waals surface area contributed by atoms with Gasteiger partial charge in [0, 0.05) is 51.9 Å². The summed E-state index contributed by atoms with van der Waals surface area (Å²) in [5.74, 6) is 0.682. The van der Waals surface area contributed by atoms with Gasteiger partial charge in [0.1, 0.15) is 17.3 Å². The molecule has 0 amide bonds. The lowest BCUT2D eigenvalue weighted by Crippen LogP contribution is -2.74. The van der Waals surface area contributed by atoms with Crippen LogP contribution >= 0.6 is 0 Å². The fourth-order valence-corrected chi connectivity index (χ4v) is 18.7. The van der Waals surface area contributed by atoms with Crippen molar-refractivity contribution < 1.29 is 43.6 Å². The van der Waals surface area contributed by atoms with E-state index in [9.17, 15) is 9.60 Å². The summed E-state index contributed by atoms with van der Waals surface area (Å²) in [6.45, 7) is -16.7. The van der Waals surface area contributed by atoms with Gasteiger partial charge in [0.15, 0.2) is 8.07 Å². The lowest BCUT2D eigenvalue weighted by Gasteiger charge is -2.42. The monoisotopic (exact) mass is 1240 g/mol. The Morgan fingerprint density at radius 1 is 0.495 bits per heavy atom. The van der Waals surface area contributed by atoms with Crippen LogP contribution in [0, 0.1) is 13.2 Å². The number of aryl methyl sites for hydroxylation is 1. The van der Waals surface area contributed by atoms with Gasteiger partial charge in [-0.2, -0.15) is 0 Å². The zero-order chi connectivity index (χ0) is 83.8. The number of hydrogen-bond acceptors (Lipinski definition) is 2. The molecule has 5 nitrogen and oxygen atoms in total. The summed E-state index contributed by atoms with van der Waals surface area (Å²) < 4.78 is 242. The Morgan fingerprint density at radius 3 is 1.82 bits per heavy atom. The van der Waals surface area contributed by atoms with Gasteiger partial charge < -0.3 is 4.74 Å². The van der Waals surface area contributed by atoms with E-state index in [0.29, 0.717) is 55.4 Å². The Morgan fingerprint density at radius 2 is 1.12 bits per heavy atom. The summed E-state index contributed by atoms with van der Waals surface area (Å²) in [5.41, 5.74) is -5.58. The van der Waals surface area contributed by atoms with E-state index in [1.54, 1.807) is 63.7 Å². The van der Waals surface area contributed by atoms with Crippen molar-refractivity contribution in [3.8, 4) is 84.3 Å². The van der Waals surface area contributed by atoms with Crippen molar-refractivity contribution >= 4 is 61.7 Å². The largest absolute Gasteiger partial charge is 0.458 e. The number of benzene rings is 12. The lowest BCUT2D eigenvalue weighted by atomic mass is 9.63. The minimum atomic E-state index is -4.29. The van der Waals surface area contributed by atoms with Gasteiger partial charge in [-0.05, 0) is 160 Å². The van der Waals surface area contributed by atoms with Crippen molar-refractivity contribution in [2.75, 3.05) is 0 Å². The zero-order valence-electron chi connectivity index (χ0n) is 74.6. The molecule has 1 aliphatic carbocycles. The van der Waals surface area contributed by atoms with Gasteiger partial charge in [0.25, 0.3) is 6.33 Å². The second-order valence-electron chi connectivity index (χ2n) is 23.4. The molecular weight excluding hydrogens is 1150 g/mol. The Hall–Kier alpha value is -10.9. The highest BCUT2D eigenvalue weighted by Crippen LogP contribution is 2.49. The summed E-state index contributed by atoms with van der Waals surface area (Å²) in [7, 11) is -3.22. The Balaban J connectivity index is 0.891. The summed E-state index contributed by atoms with van der Waals surface area (Å²) >= 11 is 0. The van der Waals surface area contributed by atoms with E-state index < -0.39 is 131 Å². The number of nitrogens with zero attached hydrogens (tertiary/aromatic N) is 4. The van der Waals surface area contributed by atoms with Crippen LogP contribution in [0.25, 0.3) is 106 Å². The van der Waals surface area contributed by atoms with E-state index in [2.05, 4.69) is 54.9 Å². The first-order chi connectivity index (χ1) is 55.9. The van der Waals surface area contributed by atoms with Gasteiger partial charge in [-0.1, -0.05) is 270 Å². The number of hydrogen-bond donors (Lipinski definition) is 0. The van der Waals surface area contributed by atoms with Gasteiger partial charge in [-0.25, -0.2) is 4.98 Å². The molecule has 15 aromatic rings. The molecule has 446 valence electrons. The van der Waals surface area contributed by atoms with Crippen molar-refractivity contribution in [3.05, 3.63) is 320 Å². The number of imidazole rings is 1. The van der Waals surface area contributed by atoms with Crippen LogP contribution in [0.2, 0.25) is 0 Å². The fraction of sp³-hybridized carbons (Fsp3) is 0.103. The van der Waals surface area contributed by atoms with Crippen LogP contribution in [0.1, 0.15) is 91.2 Å². The number of para-hydroxylation sites is 2. The zero-order valence-corrected chi connectivity index (χ0v) is 50.6. The average molecular weight is 1240 g/mol. The first-order valence-corrected chi connectivity index (χ1v) is 32.3. The number of fused-ring (bicyclic) bond motifs is 11. The number of aromatic nitrogens is 4. The Kier molecular flexibility index (Phi) is 8.39. The smallest absolute Gasteiger partial charge is 0.269 e. The number of rotatable bonds is 10. The van der Waals surface area contributed by atoms with Crippen LogP contribution in [0.5, 0.6) is 11.5 Å². The van der Waals surface area contributed by atoms with Crippen LogP contribution in [-0.2, 0) is 10.8 Å². The van der Waals surface area contributed by atoms with Crippen molar-refractivity contribution in [2.45, 2.75) is 57.9 Å². The highest BCUT2D eigenvalue weighted by atomic mass is 28.3. The molecule has 17 rings (SSSR count). The molecule has 0 radical (unpaired) electrons. The normalized spacial score (nSPS) is 20.3. The first-order valence-electron chi connectivity index (χ1n) is 43.0. The Bertz CT molecular complexity index is 6520. The maximum atomic E-state index is 10.5. The molecule has 6 heteroatoms.